The third-order valence-electron chi connectivity index (χ3n) is 3.07. The molecule has 1 heterocycles. The van der Waals surface area contributed by atoms with Gasteiger partial charge in [-0.2, -0.15) is 27.6 Å². The molecular weight excluding hydrogens is 262 g/mol. The minimum atomic E-state index is -1.70. The van der Waals surface area contributed by atoms with Crippen molar-refractivity contribution >= 4 is 11.4 Å². The first-order chi connectivity index (χ1) is 8.99. The Hall–Kier alpha value is -1.66. The zero-order valence-corrected chi connectivity index (χ0v) is 10.3. The number of halogens is 4. The van der Waals surface area contributed by atoms with E-state index in [1.165, 1.54) is 0 Å². The van der Waals surface area contributed by atoms with Crippen LogP contribution >= 0.6 is 0 Å². The van der Waals surface area contributed by atoms with Gasteiger partial charge in [0.1, 0.15) is 5.69 Å². The number of nitrogens with one attached hydrogen (secondary N) is 1. The molecule has 2 rings (SSSR count). The Kier molecular flexibility index (Phi) is 4.01. The molecule has 1 aliphatic rings. The van der Waals surface area contributed by atoms with E-state index in [9.17, 15) is 17.6 Å². The molecule has 1 atom stereocenters. The fourth-order valence-corrected chi connectivity index (χ4v) is 2.08. The van der Waals surface area contributed by atoms with Gasteiger partial charge in [0.2, 0.25) is 11.6 Å². The first kappa shape index (κ1) is 13.8. The Morgan fingerprint density at radius 3 is 2.37 bits per heavy atom. The summed E-state index contributed by atoms with van der Waals surface area (Å²) in [5.41, 5.74) is 1.85. The van der Waals surface area contributed by atoms with E-state index in [1.54, 1.807) is 0 Å². The maximum Gasteiger partial charge on any atom is 0.254 e. The molecule has 0 saturated heterocycles. The lowest BCUT2D eigenvalue weighted by atomic mass is 9.89. The molecule has 19 heavy (non-hydrogen) atoms. The molecule has 3 nitrogen and oxygen atoms in total. The second kappa shape index (κ2) is 5.54. The number of anilines is 1. The van der Waals surface area contributed by atoms with Gasteiger partial charge in [-0.25, -0.2) is 0 Å². The molecule has 1 aliphatic carbocycles. The molecule has 1 saturated carbocycles. The molecule has 1 aromatic rings. The zero-order valence-electron chi connectivity index (χ0n) is 10.3. The highest BCUT2D eigenvalue weighted by atomic mass is 19.2. The van der Waals surface area contributed by atoms with Gasteiger partial charge in [0.15, 0.2) is 0 Å². The smallest absolute Gasteiger partial charge is 0.254 e. The predicted octanol–water partition coefficient (Wildman–Crippen LogP) is 3.62. The van der Waals surface area contributed by atoms with Gasteiger partial charge in [0, 0.05) is 5.71 Å². The van der Waals surface area contributed by atoms with Gasteiger partial charge in [-0.05, 0) is 31.6 Å². The van der Waals surface area contributed by atoms with E-state index in [0.717, 1.165) is 18.6 Å². The molecule has 1 N–H and O–H groups in total. The van der Waals surface area contributed by atoms with Crippen molar-refractivity contribution in [2.45, 2.75) is 32.6 Å². The molecule has 0 amide bonds. The van der Waals surface area contributed by atoms with Crippen molar-refractivity contribution in [2.24, 2.45) is 11.0 Å². The summed E-state index contributed by atoms with van der Waals surface area (Å²) in [6, 6.07) is 0. The predicted molar refractivity (Wildman–Crippen MR) is 62.8 cm³/mol. The van der Waals surface area contributed by atoms with Gasteiger partial charge in [-0.1, -0.05) is 6.92 Å². The number of nitrogens with zero attached hydrogens (tertiary/aromatic N) is 2. The van der Waals surface area contributed by atoms with Gasteiger partial charge in [0.05, 0.1) is 0 Å². The van der Waals surface area contributed by atoms with Crippen LogP contribution in [0.1, 0.15) is 32.6 Å². The topological polar surface area (TPSA) is 37.3 Å². The number of hydrogen-bond donors (Lipinski definition) is 1. The average Bonchev–Trinajstić information content (AvgIpc) is 2.36. The summed E-state index contributed by atoms with van der Waals surface area (Å²) in [4.78, 5) is 2.47. The Bertz CT molecular complexity index is 490. The number of hydrogen-bond acceptors (Lipinski definition) is 3. The molecule has 0 spiro atoms. The van der Waals surface area contributed by atoms with Crippen LogP contribution in [-0.2, 0) is 0 Å². The molecule has 0 aliphatic heterocycles. The lowest BCUT2D eigenvalue weighted by molar-refractivity contribution is 0.410. The standard InChI is InChI=1S/C12H13F4N3/c1-6-3-2-4-7(5-6)18-19-10-8(13)11(15)17-12(16)9(10)14/h6H,2-5H2,1H3,(H,17,19)/b18-7-/t6-/m1/s1. The summed E-state index contributed by atoms with van der Waals surface area (Å²) in [6.07, 6.45) is 3.41. The van der Waals surface area contributed by atoms with Crippen molar-refractivity contribution in [3.63, 3.8) is 0 Å². The highest BCUT2D eigenvalue weighted by molar-refractivity contribution is 5.85. The SMILES string of the molecule is C[C@@H]1CCC/C(=N/Nc2c(F)c(F)nc(F)c2F)C1. The van der Waals surface area contributed by atoms with E-state index in [1.807, 2.05) is 6.92 Å². The lowest BCUT2D eigenvalue weighted by Gasteiger charge is -2.19. The zero-order chi connectivity index (χ0) is 14.0. The van der Waals surface area contributed by atoms with E-state index >= 15 is 0 Å². The van der Waals surface area contributed by atoms with Gasteiger partial charge in [0.25, 0.3) is 11.9 Å². The van der Waals surface area contributed by atoms with E-state index in [2.05, 4.69) is 15.5 Å². The second-order valence-electron chi connectivity index (χ2n) is 4.69. The van der Waals surface area contributed by atoms with Crippen molar-refractivity contribution in [2.75, 3.05) is 5.43 Å². The van der Waals surface area contributed by atoms with Gasteiger partial charge in [-0.15, -0.1) is 0 Å². The van der Waals surface area contributed by atoms with Gasteiger partial charge >= 0.3 is 0 Å². The third kappa shape index (κ3) is 3.02. The average molecular weight is 275 g/mol. The monoisotopic (exact) mass is 275 g/mol. The maximum absolute atomic E-state index is 13.3. The van der Waals surface area contributed by atoms with Crippen molar-refractivity contribution in [1.29, 1.82) is 0 Å². The number of rotatable bonds is 2. The van der Waals surface area contributed by atoms with E-state index in [-0.39, 0.29) is 0 Å². The highest BCUT2D eigenvalue weighted by Gasteiger charge is 2.21. The quantitative estimate of drug-likeness (QED) is 0.508. The van der Waals surface area contributed by atoms with Crippen LogP contribution in [0.5, 0.6) is 0 Å². The summed E-state index contributed by atoms with van der Waals surface area (Å²) in [7, 11) is 0. The molecule has 7 heteroatoms. The largest absolute Gasteiger partial charge is 0.272 e. The van der Waals surface area contributed by atoms with Crippen LogP contribution in [0.25, 0.3) is 0 Å². The van der Waals surface area contributed by atoms with Crippen molar-refractivity contribution in [3.8, 4) is 0 Å². The van der Waals surface area contributed by atoms with Crippen molar-refractivity contribution < 1.29 is 17.6 Å². The summed E-state index contributed by atoms with van der Waals surface area (Å²) in [5.74, 6) is -6.11. The summed E-state index contributed by atoms with van der Waals surface area (Å²) >= 11 is 0. The van der Waals surface area contributed by atoms with Crippen molar-refractivity contribution in [3.05, 3.63) is 23.5 Å². The lowest BCUT2D eigenvalue weighted by Crippen LogP contribution is -2.15. The minimum absolute atomic E-state index is 0.440. The molecule has 0 aromatic carbocycles. The second-order valence-corrected chi connectivity index (χ2v) is 4.69. The van der Waals surface area contributed by atoms with Crippen LogP contribution in [0.15, 0.2) is 5.10 Å². The van der Waals surface area contributed by atoms with Crippen LogP contribution in [0.4, 0.5) is 23.2 Å². The first-order valence-electron chi connectivity index (χ1n) is 6.00. The fourth-order valence-electron chi connectivity index (χ4n) is 2.08. The Balaban J connectivity index is 2.22. The van der Waals surface area contributed by atoms with Crippen LogP contribution in [0.3, 0.4) is 0 Å². The first-order valence-corrected chi connectivity index (χ1v) is 6.00. The highest BCUT2D eigenvalue weighted by Crippen LogP contribution is 2.24. The Labute approximate surface area is 107 Å². The normalized spacial score (nSPS) is 21.7. The van der Waals surface area contributed by atoms with Crippen LogP contribution in [0.2, 0.25) is 0 Å². The number of hydrazone groups is 1. The van der Waals surface area contributed by atoms with Crippen LogP contribution in [-0.4, -0.2) is 10.7 Å². The third-order valence-corrected chi connectivity index (χ3v) is 3.07. The number of pyridine rings is 1. The summed E-state index contributed by atoms with van der Waals surface area (Å²) in [5, 5.41) is 3.83. The summed E-state index contributed by atoms with van der Waals surface area (Å²) < 4.78 is 52.3. The Morgan fingerprint density at radius 1 is 1.16 bits per heavy atom. The Morgan fingerprint density at radius 2 is 1.79 bits per heavy atom. The molecule has 0 bridgehead atoms. The van der Waals surface area contributed by atoms with E-state index in [0.29, 0.717) is 18.8 Å². The van der Waals surface area contributed by atoms with Crippen molar-refractivity contribution in [1.82, 2.24) is 4.98 Å². The van der Waals surface area contributed by atoms with Crippen LogP contribution < -0.4 is 5.43 Å². The molecule has 0 unspecified atom stereocenters. The van der Waals surface area contributed by atoms with Gasteiger partial charge < -0.3 is 0 Å². The molecular formula is C12H13F4N3. The van der Waals surface area contributed by atoms with E-state index < -0.39 is 29.2 Å². The molecule has 0 radical (unpaired) electrons. The van der Waals surface area contributed by atoms with E-state index in [4.69, 9.17) is 0 Å². The molecule has 104 valence electrons. The van der Waals surface area contributed by atoms with Gasteiger partial charge in [-0.3, -0.25) is 5.43 Å². The minimum Gasteiger partial charge on any atom is -0.272 e. The molecule has 1 fully saturated rings. The van der Waals surface area contributed by atoms with Crippen LogP contribution in [0, 0.1) is 29.4 Å². The summed E-state index contributed by atoms with van der Waals surface area (Å²) in [6.45, 7) is 2.04. The maximum atomic E-state index is 13.3. The fraction of sp³-hybridized carbons (Fsp3) is 0.500. The molecule has 1 aromatic heterocycles. The number of aromatic nitrogens is 1.